The summed E-state index contributed by atoms with van der Waals surface area (Å²) in [5.41, 5.74) is 7.08. The Morgan fingerprint density at radius 2 is 2.21 bits per heavy atom. The molecule has 0 aliphatic carbocycles. The van der Waals surface area contributed by atoms with Gasteiger partial charge in [-0.3, -0.25) is 4.90 Å². The van der Waals surface area contributed by atoms with Gasteiger partial charge in [-0.1, -0.05) is 6.07 Å². The van der Waals surface area contributed by atoms with Crippen molar-refractivity contribution in [3.63, 3.8) is 0 Å². The van der Waals surface area contributed by atoms with E-state index in [1.807, 2.05) is 30.1 Å². The van der Waals surface area contributed by atoms with Crippen LogP contribution in [0.1, 0.15) is 24.9 Å². The number of ether oxygens (including phenoxy) is 1. The molecule has 19 heavy (non-hydrogen) atoms. The van der Waals surface area contributed by atoms with Gasteiger partial charge in [0.1, 0.15) is 0 Å². The summed E-state index contributed by atoms with van der Waals surface area (Å²) in [5, 5.41) is 0. The molecule has 2 N–H and O–H groups in total. The van der Waals surface area contributed by atoms with E-state index in [-0.39, 0.29) is 6.04 Å². The third-order valence-electron chi connectivity index (χ3n) is 3.50. The number of methoxy groups -OCH3 is 1. The van der Waals surface area contributed by atoms with E-state index in [2.05, 4.69) is 30.1 Å². The molecule has 0 bridgehead atoms. The topological polar surface area (TPSA) is 51.4 Å². The van der Waals surface area contributed by atoms with Gasteiger partial charge in [-0.2, -0.15) is 11.8 Å². The maximum absolute atomic E-state index is 5.94. The van der Waals surface area contributed by atoms with Gasteiger partial charge in [0, 0.05) is 30.9 Å². The average molecular weight is 283 g/mol. The highest BCUT2D eigenvalue weighted by atomic mass is 32.2. The fraction of sp³-hybridized carbons (Fsp3) is 0.643. The second-order valence-corrected chi connectivity index (χ2v) is 5.67. The normalized spacial score (nSPS) is 14.4. The molecule has 1 heterocycles. The summed E-state index contributed by atoms with van der Waals surface area (Å²) in [4.78, 5) is 6.59. The van der Waals surface area contributed by atoms with Crippen molar-refractivity contribution in [1.29, 1.82) is 0 Å². The van der Waals surface area contributed by atoms with Crippen molar-refractivity contribution < 1.29 is 4.74 Å². The van der Waals surface area contributed by atoms with Gasteiger partial charge in [0.25, 0.3) is 0 Å². The summed E-state index contributed by atoms with van der Waals surface area (Å²) in [6.07, 6.45) is 5.16. The predicted octanol–water partition coefficient (Wildman–Crippen LogP) is 2.16. The van der Waals surface area contributed by atoms with Crippen molar-refractivity contribution in [2.24, 2.45) is 5.73 Å². The molecule has 0 radical (unpaired) electrons. The minimum absolute atomic E-state index is 0.204. The lowest BCUT2D eigenvalue weighted by atomic mass is 10.1. The summed E-state index contributed by atoms with van der Waals surface area (Å²) in [7, 11) is 3.76. The van der Waals surface area contributed by atoms with E-state index in [9.17, 15) is 0 Å². The predicted molar refractivity (Wildman–Crippen MR) is 82.8 cm³/mol. The van der Waals surface area contributed by atoms with Crippen molar-refractivity contribution in [1.82, 2.24) is 9.88 Å². The van der Waals surface area contributed by atoms with Gasteiger partial charge >= 0.3 is 0 Å². The van der Waals surface area contributed by atoms with Gasteiger partial charge in [0.2, 0.25) is 5.88 Å². The summed E-state index contributed by atoms with van der Waals surface area (Å²) in [6.45, 7) is 2.84. The van der Waals surface area contributed by atoms with E-state index in [1.54, 1.807) is 7.11 Å². The largest absolute Gasteiger partial charge is 0.481 e. The molecule has 1 rings (SSSR count). The van der Waals surface area contributed by atoms with Gasteiger partial charge < -0.3 is 10.5 Å². The van der Waals surface area contributed by atoms with Crippen molar-refractivity contribution in [3.05, 3.63) is 23.9 Å². The van der Waals surface area contributed by atoms with Gasteiger partial charge in [-0.15, -0.1) is 0 Å². The standard InChI is InChI=1S/C14H25N3OS/c1-11(7-8-19-4)17(2)13(9-15)12-5-6-14(18-3)16-10-12/h5-6,10-11,13H,7-9,15H2,1-4H3. The molecule has 0 aliphatic heterocycles. The zero-order chi connectivity index (χ0) is 14.3. The number of hydrogen-bond acceptors (Lipinski definition) is 5. The Labute approximate surface area is 120 Å². The van der Waals surface area contributed by atoms with Crippen LogP contribution in [-0.4, -0.2) is 48.6 Å². The Balaban J connectivity index is 2.74. The summed E-state index contributed by atoms with van der Waals surface area (Å²) < 4.78 is 5.08. The Morgan fingerprint density at radius 3 is 2.68 bits per heavy atom. The van der Waals surface area contributed by atoms with Gasteiger partial charge in [-0.05, 0) is 38.0 Å². The Kier molecular flexibility index (Phi) is 7.20. The fourth-order valence-corrected chi connectivity index (χ4v) is 2.62. The Bertz CT molecular complexity index is 358. The van der Waals surface area contributed by atoms with Gasteiger partial charge in [0.15, 0.2) is 0 Å². The van der Waals surface area contributed by atoms with E-state index in [0.29, 0.717) is 18.5 Å². The monoisotopic (exact) mass is 283 g/mol. The molecule has 0 amide bonds. The molecule has 0 saturated heterocycles. The molecule has 2 unspecified atom stereocenters. The Hall–Kier alpha value is -0.780. The first-order valence-electron chi connectivity index (χ1n) is 6.54. The van der Waals surface area contributed by atoms with Crippen molar-refractivity contribution in [2.45, 2.75) is 25.4 Å². The molecule has 4 nitrogen and oxygen atoms in total. The van der Waals surface area contributed by atoms with E-state index >= 15 is 0 Å². The minimum Gasteiger partial charge on any atom is -0.481 e. The second kappa shape index (κ2) is 8.40. The van der Waals surface area contributed by atoms with Crippen LogP contribution in [0.4, 0.5) is 0 Å². The minimum atomic E-state index is 0.204. The molecule has 0 aliphatic rings. The van der Waals surface area contributed by atoms with E-state index in [1.165, 1.54) is 5.75 Å². The second-order valence-electron chi connectivity index (χ2n) is 4.68. The molecule has 0 aromatic carbocycles. The van der Waals surface area contributed by atoms with E-state index < -0.39 is 0 Å². The lowest BCUT2D eigenvalue weighted by Gasteiger charge is -2.32. The van der Waals surface area contributed by atoms with Crippen LogP contribution < -0.4 is 10.5 Å². The molecular formula is C14H25N3OS. The molecule has 1 aromatic rings. The smallest absolute Gasteiger partial charge is 0.212 e. The highest BCUT2D eigenvalue weighted by Crippen LogP contribution is 2.22. The van der Waals surface area contributed by atoms with Crippen molar-refractivity contribution in [3.8, 4) is 5.88 Å². The number of nitrogens with zero attached hydrogens (tertiary/aromatic N) is 2. The van der Waals surface area contributed by atoms with Crippen LogP contribution in [0.3, 0.4) is 0 Å². The zero-order valence-electron chi connectivity index (χ0n) is 12.3. The fourth-order valence-electron chi connectivity index (χ4n) is 2.05. The molecule has 5 heteroatoms. The van der Waals surface area contributed by atoms with Crippen molar-refractivity contribution in [2.75, 3.05) is 32.7 Å². The third-order valence-corrected chi connectivity index (χ3v) is 4.15. The average Bonchev–Trinajstić information content (AvgIpc) is 2.46. The summed E-state index contributed by atoms with van der Waals surface area (Å²) >= 11 is 1.88. The lowest BCUT2D eigenvalue weighted by Crippen LogP contribution is -2.37. The van der Waals surface area contributed by atoms with Gasteiger partial charge in [-0.25, -0.2) is 4.98 Å². The van der Waals surface area contributed by atoms with Crippen LogP contribution in [0.2, 0.25) is 0 Å². The molecule has 108 valence electrons. The molecule has 0 spiro atoms. The molecule has 1 aromatic heterocycles. The quantitative estimate of drug-likeness (QED) is 0.792. The number of aromatic nitrogens is 1. The van der Waals surface area contributed by atoms with E-state index in [4.69, 9.17) is 10.5 Å². The summed E-state index contributed by atoms with van der Waals surface area (Å²) in [6, 6.07) is 4.64. The van der Waals surface area contributed by atoms with E-state index in [0.717, 1.165) is 12.0 Å². The van der Waals surface area contributed by atoms with Crippen LogP contribution >= 0.6 is 11.8 Å². The van der Waals surface area contributed by atoms with Crippen LogP contribution in [0.5, 0.6) is 5.88 Å². The molecule has 2 atom stereocenters. The number of thioether (sulfide) groups is 1. The number of hydrogen-bond donors (Lipinski definition) is 1. The molecule has 0 fully saturated rings. The third kappa shape index (κ3) is 4.67. The van der Waals surface area contributed by atoms with Crippen LogP contribution in [-0.2, 0) is 0 Å². The first-order valence-corrected chi connectivity index (χ1v) is 7.94. The summed E-state index contributed by atoms with van der Waals surface area (Å²) in [5.74, 6) is 1.81. The van der Waals surface area contributed by atoms with Crippen LogP contribution in [0, 0.1) is 0 Å². The van der Waals surface area contributed by atoms with Crippen molar-refractivity contribution >= 4 is 11.8 Å². The molecule has 0 saturated carbocycles. The highest BCUT2D eigenvalue weighted by molar-refractivity contribution is 7.98. The van der Waals surface area contributed by atoms with Crippen LogP contribution in [0.25, 0.3) is 0 Å². The maximum atomic E-state index is 5.94. The first-order chi connectivity index (χ1) is 9.13. The Morgan fingerprint density at radius 1 is 1.47 bits per heavy atom. The number of pyridine rings is 1. The SMILES string of the molecule is COc1ccc(C(CN)N(C)C(C)CCSC)cn1. The lowest BCUT2D eigenvalue weighted by molar-refractivity contribution is 0.185. The van der Waals surface area contributed by atoms with Crippen LogP contribution in [0.15, 0.2) is 18.3 Å². The maximum Gasteiger partial charge on any atom is 0.212 e. The highest BCUT2D eigenvalue weighted by Gasteiger charge is 2.20. The first kappa shape index (κ1) is 16.3. The number of rotatable bonds is 8. The van der Waals surface area contributed by atoms with Gasteiger partial charge in [0.05, 0.1) is 7.11 Å². The number of likely N-dealkylation sites (N-methyl/N-ethyl adjacent to an activating group) is 1. The number of nitrogens with two attached hydrogens (primary N) is 1. The molecular weight excluding hydrogens is 258 g/mol. The zero-order valence-corrected chi connectivity index (χ0v) is 13.1.